The number of rotatable bonds is 1. The number of thiazole rings is 1. The zero-order valence-electron chi connectivity index (χ0n) is 10.9. The molecule has 1 aliphatic rings. The average molecular weight is 258 g/mol. The second kappa shape index (κ2) is 4.48. The highest BCUT2D eigenvalue weighted by molar-refractivity contribution is 7.15. The van der Waals surface area contributed by atoms with Gasteiger partial charge in [-0.05, 0) is 44.2 Å². The van der Waals surface area contributed by atoms with Crippen molar-refractivity contribution in [3.05, 3.63) is 39.9 Å². The van der Waals surface area contributed by atoms with Gasteiger partial charge in [0.25, 0.3) is 0 Å². The van der Waals surface area contributed by atoms with Crippen LogP contribution in [0.3, 0.4) is 0 Å². The van der Waals surface area contributed by atoms with Crippen molar-refractivity contribution in [2.45, 2.75) is 39.2 Å². The molecule has 0 aliphatic heterocycles. The summed E-state index contributed by atoms with van der Waals surface area (Å²) in [6.45, 7) is 4.31. The second-order valence-corrected chi connectivity index (χ2v) is 6.13. The Balaban J connectivity index is 2.13. The summed E-state index contributed by atoms with van der Waals surface area (Å²) >= 11 is 1.79. The van der Waals surface area contributed by atoms with Crippen LogP contribution in [0.4, 0.5) is 0 Å². The minimum Gasteiger partial charge on any atom is -0.323 e. The van der Waals surface area contributed by atoms with Crippen LogP contribution in [0.5, 0.6) is 0 Å². The van der Waals surface area contributed by atoms with E-state index in [1.165, 1.54) is 33.7 Å². The Morgan fingerprint density at radius 3 is 2.67 bits per heavy atom. The third kappa shape index (κ3) is 1.88. The van der Waals surface area contributed by atoms with Gasteiger partial charge in [-0.3, -0.25) is 0 Å². The SMILES string of the molecule is Cc1cccc(C)c1-c1nc2c(s1)C(N)CCC2. The molecule has 0 spiro atoms. The fourth-order valence-electron chi connectivity index (χ4n) is 2.71. The van der Waals surface area contributed by atoms with Crippen LogP contribution in [-0.4, -0.2) is 4.98 Å². The lowest BCUT2D eigenvalue weighted by Gasteiger charge is -2.15. The minimum absolute atomic E-state index is 0.198. The Bertz CT molecular complexity index is 566. The molecule has 94 valence electrons. The quantitative estimate of drug-likeness (QED) is 0.845. The normalized spacial score (nSPS) is 18.7. The van der Waals surface area contributed by atoms with Crippen molar-refractivity contribution in [1.29, 1.82) is 0 Å². The van der Waals surface area contributed by atoms with Gasteiger partial charge in [-0.25, -0.2) is 4.98 Å². The lowest BCUT2D eigenvalue weighted by atomic mass is 9.99. The Labute approximate surface area is 112 Å². The first-order valence-corrected chi connectivity index (χ1v) is 7.30. The molecule has 2 N–H and O–H groups in total. The van der Waals surface area contributed by atoms with Gasteiger partial charge in [-0.2, -0.15) is 0 Å². The van der Waals surface area contributed by atoms with E-state index in [0.29, 0.717) is 0 Å². The maximum atomic E-state index is 6.18. The predicted molar refractivity (Wildman–Crippen MR) is 76.9 cm³/mol. The fraction of sp³-hybridized carbons (Fsp3) is 0.400. The third-order valence-electron chi connectivity index (χ3n) is 3.69. The molecule has 1 heterocycles. The lowest BCUT2D eigenvalue weighted by Crippen LogP contribution is -2.15. The first-order chi connectivity index (χ1) is 8.66. The molecule has 0 saturated heterocycles. The van der Waals surface area contributed by atoms with Gasteiger partial charge in [-0.1, -0.05) is 18.2 Å². The minimum atomic E-state index is 0.198. The summed E-state index contributed by atoms with van der Waals surface area (Å²) in [6, 6.07) is 6.61. The molecular formula is C15H18N2S. The number of nitrogens with zero attached hydrogens (tertiary/aromatic N) is 1. The monoisotopic (exact) mass is 258 g/mol. The molecule has 3 rings (SSSR count). The van der Waals surface area contributed by atoms with Crippen LogP contribution in [0.1, 0.15) is 40.6 Å². The van der Waals surface area contributed by atoms with Crippen molar-refractivity contribution in [2.24, 2.45) is 5.73 Å². The van der Waals surface area contributed by atoms with Crippen LogP contribution in [0.25, 0.3) is 10.6 Å². The molecule has 1 atom stereocenters. The maximum absolute atomic E-state index is 6.18. The van der Waals surface area contributed by atoms with E-state index in [2.05, 4.69) is 32.0 Å². The van der Waals surface area contributed by atoms with Crippen molar-refractivity contribution >= 4 is 11.3 Å². The van der Waals surface area contributed by atoms with Gasteiger partial charge in [0.05, 0.1) is 5.69 Å². The first kappa shape index (κ1) is 11.9. The predicted octanol–water partition coefficient (Wildman–Crippen LogP) is 3.76. The van der Waals surface area contributed by atoms with E-state index in [1.807, 2.05) is 0 Å². The van der Waals surface area contributed by atoms with Gasteiger partial charge < -0.3 is 5.73 Å². The van der Waals surface area contributed by atoms with E-state index in [1.54, 1.807) is 11.3 Å². The van der Waals surface area contributed by atoms with Crippen molar-refractivity contribution < 1.29 is 0 Å². The Hall–Kier alpha value is -1.19. The van der Waals surface area contributed by atoms with Gasteiger partial charge in [0.15, 0.2) is 0 Å². The summed E-state index contributed by atoms with van der Waals surface area (Å²) in [5.74, 6) is 0. The molecule has 0 amide bonds. The van der Waals surface area contributed by atoms with E-state index in [9.17, 15) is 0 Å². The molecule has 0 bridgehead atoms. The number of hydrogen-bond donors (Lipinski definition) is 1. The third-order valence-corrected chi connectivity index (χ3v) is 4.94. The van der Waals surface area contributed by atoms with Crippen LogP contribution in [0.2, 0.25) is 0 Å². The Morgan fingerprint density at radius 1 is 1.28 bits per heavy atom. The zero-order chi connectivity index (χ0) is 12.7. The van der Waals surface area contributed by atoms with E-state index in [-0.39, 0.29) is 6.04 Å². The fourth-order valence-corrected chi connectivity index (χ4v) is 4.03. The summed E-state index contributed by atoms with van der Waals surface area (Å²) in [5, 5.41) is 1.15. The molecule has 0 fully saturated rings. The highest BCUT2D eigenvalue weighted by atomic mass is 32.1. The molecule has 2 aromatic rings. The molecule has 2 nitrogen and oxygen atoms in total. The summed E-state index contributed by atoms with van der Waals surface area (Å²) in [4.78, 5) is 6.14. The molecular weight excluding hydrogens is 240 g/mol. The van der Waals surface area contributed by atoms with Crippen LogP contribution >= 0.6 is 11.3 Å². The number of hydrogen-bond acceptors (Lipinski definition) is 3. The number of aryl methyl sites for hydroxylation is 3. The van der Waals surface area contributed by atoms with Gasteiger partial charge in [0, 0.05) is 16.5 Å². The first-order valence-electron chi connectivity index (χ1n) is 6.48. The van der Waals surface area contributed by atoms with Crippen LogP contribution in [0.15, 0.2) is 18.2 Å². The van der Waals surface area contributed by atoms with E-state index >= 15 is 0 Å². The van der Waals surface area contributed by atoms with Crippen LogP contribution < -0.4 is 5.73 Å². The molecule has 1 unspecified atom stereocenters. The average Bonchev–Trinajstić information content (AvgIpc) is 2.74. The van der Waals surface area contributed by atoms with Gasteiger partial charge in [0.2, 0.25) is 0 Å². The molecule has 0 saturated carbocycles. The highest BCUT2D eigenvalue weighted by Gasteiger charge is 2.22. The van der Waals surface area contributed by atoms with Gasteiger partial charge in [0.1, 0.15) is 5.01 Å². The number of benzene rings is 1. The molecule has 18 heavy (non-hydrogen) atoms. The molecule has 3 heteroatoms. The number of aromatic nitrogens is 1. The number of fused-ring (bicyclic) bond motifs is 1. The summed E-state index contributed by atoms with van der Waals surface area (Å²) in [5.41, 5.74) is 11.3. The van der Waals surface area contributed by atoms with E-state index in [0.717, 1.165) is 17.8 Å². The van der Waals surface area contributed by atoms with Crippen molar-refractivity contribution in [3.63, 3.8) is 0 Å². The summed E-state index contributed by atoms with van der Waals surface area (Å²) in [7, 11) is 0. The highest BCUT2D eigenvalue weighted by Crippen LogP contribution is 2.38. The largest absolute Gasteiger partial charge is 0.323 e. The standard InChI is InChI=1S/C15H18N2S/c1-9-5-3-6-10(2)13(9)15-17-12-8-4-7-11(16)14(12)18-15/h3,5-6,11H,4,7-8,16H2,1-2H3. The summed E-state index contributed by atoms with van der Waals surface area (Å²) in [6.07, 6.45) is 3.36. The summed E-state index contributed by atoms with van der Waals surface area (Å²) < 4.78 is 0. The smallest absolute Gasteiger partial charge is 0.124 e. The Morgan fingerprint density at radius 2 is 2.00 bits per heavy atom. The maximum Gasteiger partial charge on any atom is 0.124 e. The number of nitrogens with two attached hydrogens (primary N) is 1. The van der Waals surface area contributed by atoms with Crippen molar-refractivity contribution in [2.75, 3.05) is 0 Å². The molecule has 1 aromatic carbocycles. The van der Waals surface area contributed by atoms with Crippen molar-refractivity contribution in [1.82, 2.24) is 4.98 Å². The Kier molecular flexibility index (Phi) is 2.96. The molecule has 1 aromatic heterocycles. The van der Waals surface area contributed by atoms with Gasteiger partial charge >= 0.3 is 0 Å². The van der Waals surface area contributed by atoms with E-state index in [4.69, 9.17) is 10.7 Å². The van der Waals surface area contributed by atoms with E-state index < -0.39 is 0 Å². The zero-order valence-corrected chi connectivity index (χ0v) is 11.7. The van der Waals surface area contributed by atoms with Crippen LogP contribution in [-0.2, 0) is 6.42 Å². The lowest BCUT2D eigenvalue weighted by molar-refractivity contribution is 0.573. The van der Waals surface area contributed by atoms with Gasteiger partial charge in [-0.15, -0.1) is 11.3 Å². The topological polar surface area (TPSA) is 38.9 Å². The van der Waals surface area contributed by atoms with Crippen LogP contribution in [0, 0.1) is 13.8 Å². The second-order valence-electron chi connectivity index (χ2n) is 5.10. The molecule has 0 radical (unpaired) electrons. The van der Waals surface area contributed by atoms with Crippen molar-refractivity contribution in [3.8, 4) is 10.6 Å². The molecule has 1 aliphatic carbocycles.